The van der Waals surface area contributed by atoms with Gasteiger partial charge in [0.2, 0.25) is 5.91 Å². The SMILES string of the molecule is CCN(Cc1ccccc1)c1ccc(NC(=O)CN)nc1. The zero-order valence-electron chi connectivity index (χ0n) is 12.1. The van der Waals surface area contributed by atoms with E-state index < -0.39 is 0 Å². The van der Waals surface area contributed by atoms with Crippen molar-refractivity contribution >= 4 is 17.4 Å². The van der Waals surface area contributed by atoms with Crippen LogP contribution in [0.1, 0.15) is 12.5 Å². The minimum absolute atomic E-state index is 0.0431. The van der Waals surface area contributed by atoms with E-state index in [2.05, 4.69) is 34.3 Å². The molecule has 5 heteroatoms. The topological polar surface area (TPSA) is 71.2 Å². The fourth-order valence-electron chi connectivity index (χ4n) is 2.03. The minimum atomic E-state index is -0.244. The van der Waals surface area contributed by atoms with E-state index in [-0.39, 0.29) is 12.5 Å². The normalized spacial score (nSPS) is 10.2. The van der Waals surface area contributed by atoms with Gasteiger partial charge in [0.1, 0.15) is 5.82 Å². The van der Waals surface area contributed by atoms with Gasteiger partial charge in [0.25, 0.3) is 0 Å². The number of benzene rings is 1. The van der Waals surface area contributed by atoms with E-state index in [0.717, 1.165) is 18.8 Å². The number of nitrogens with zero attached hydrogens (tertiary/aromatic N) is 2. The van der Waals surface area contributed by atoms with Crippen LogP contribution in [-0.4, -0.2) is 24.0 Å². The molecule has 0 saturated heterocycles. The van der Waals surface area contributed by atoms with E-state index in [9.17, 15) is 4.79 Å². The molecule has 0 bridgehead atoms. The molecule has 1 aromatic carbocycles. The molecule has 0 atom stereocenters. The third kappa shape index (κ3) is 4.29. The van der Waals surface area contributed by atoms with Crippen LogP contribution in [0.2, 0.25) is 0 Å². The van der Waals surface area contributed by atoms with Crippen molar-refractivity contribution in [3.8, 4) is 0 Å². The van der Waals surface area contributed by atoms with Crippen molar-refractivity contribution in [1.82, 2.24) is 4.98 Å². The maximum absolute atomic E-state index is 11.2. The molecular formula is C16H20N4O. The lowest BCUT2D eigenvalue weighted by Crippen LogP contribution is -2.23. The Hall–Kier alpha value is -2.40. The van der Waals surface area contributed by atoms with E-state index in [1.54, 1.807) is 12.3 Å². The molecule has 0 unspecified atom stereocenters. The number of rotatable bonds is 6. The van der Waals surface area contributed by atoms with Crippen LogP contribution in [0.4, 0.5) is 11.5 Å². The number of nitrogens with two attached hydrogens (primary N) is 1. The summed E-state index contributed by atoms with van der Waals surface area (Å²) in [7, 11) is 0. The quantitative estimate of drug-likeness (QED) is 0.851. The number of nitrogens with one attached hydrogen (secondary N) is 1. The van der Waals surface area contributed by atoms with Crippen LogP contribution in [0.5, 0.6) is 0 Å². The molecule has 1 aromatic heterocycles. The average Bonchev–Trinajstić information content (AvgIpc) is 2.54. The van der Waals surface area contributed by atoms with Gasteiger partial charge in [0.05, 0.1) is 18.4 Å². The summed E-state index contributed by atoms with van der Waals surface area (Å²) in [6, 6.07) is 14.0. The van der Waals surface area contributed by atoms with Gasteiger partial charge in [-0.3, -0.25) is 4.79 Å². The van der Waals surface area contributed by atoms with Crippen molar-refractivity contribution < 1.29 is 4.79 Å². The van der Waals surface area contributed by atoms with E-state index in [1.165, 1.54) is 5.56 Å². The molecule has 0 saturated carbocycles. The van der Waals surface area contributed by atoms with Gasteiger partial charge in [-0.05, 0) is 24.6 Å². The highest BCUT2D eigenvalue weighted by molar-refractivity contribution is 5.91. The molecule has 21 heavy (non-hydrogen) atoms. The highest BCUT2D eigenvalue weighted by Crippen LogP contribution is 2.17. The highest BCUT2D eigenvalue weighted by atomic mass is 16.1. The monoisotopic (exact) mass is 284 g/mol. The molecule has 2 aromatic rings. The Balaban J connectivity index is 2.06. The molecule has 0 spiro atoms. The fourth-order valence-corrected chi connectivity index (χ4v) is 2.03. The van der Waals surface area contributed by atoms with Crippen LogP contribution in [0.15, 0.2) is 48.7 Å². The van der Waals surface area contributed by atoms with Crippen LogP contribution in [0.25, 0.3) is 0 Å². The Morgan fingerprint density at radius 3 is 2.57 bits per heavy atom. The Morgan fingerprint density at radius 1 is 1.24 bits per heavy atom. The molecule has 1 amide bonds. The first-order valence-electron chi connectivity index (χ1n) is 6.97. The Bertz CT molecular complexity index is 569. The first-order valence-corrected chi connectivity index (χ1v) is 6.97. The second kappa shape index (κ2) is 7.40. The maximum atomic E-state index is 11.2. The van der Waals surface area contributed by atoms with Crippen molar-refractivity contribution in [3.05, 3.63) is 54.2 Å². The Kier molecular flexibility index (Phi) is 5.29. The van der Waals surface area contributed by atoms with Crippen molar-refractivity contribution in [1.29, 1.82) is 0 Å². The molecule has 3 N–H and O–H groups in total. The molecule has 5 nitrogen and oxygen atoms in total. The van der Waals surface area contributed by atoms with E-state index in [0.29, 0.717) is 5.82 Å². The Labute approximate surface area is 124 Å². The van der Waals surface area contributed by atoms with Crippen LogP contribution in [-0.2, 0) is 11.3 Å². The maximum Gasteiger partial charge on any atom is 0.239 e. The van der Waals surface area contributed by atoms with Crippen LogP contribution < -0.4 is 16.0 Å². The zero-order chi connectivity index (χ0) is 15.1. The predicted molar refractivity (Wildman–Crippen MR) is 85.1 cm³/mol. The number of pyridine rings is 1. The summed E-state index contributed by atoms with van der Waals surface area (Å²) in [6.45, 7) is 3.77. The van der Waals surface area contributed by atoms with Crippen LogP contribution in [0, 0.1) is 0 Å². The lowest BCUT2D eigenvalue weighted by molar-refractivity contribution is -0.114. The summed E-state index contributed by atoms with van der Waals surface area (Å²) in [5.41, 5.74) is 7.53. The van der Waals surface area contributed by atoms with Gasteiger partial charge in [0.15, 0.2) is 0 Å². The largest absolute Gasteiger partial charge is 0.366 e. The van der Waals surface area contributed by atoms with Gasteiger partial charge < -0.3 is 16.0 Å². The molecular weight excluding hydrogens is 264 g/mol. The number of anilines is 2. The van der Waals surface area contributed by atoms with Crippen molar-refractivity contribution in [3.63, 3.8) is 0 Å². The second-order valence-electron chi connectivity index (χ2n) is 4.65. The molecule has 0 fully saturated rings. The molecule has 0 aliphatic rings. The Morgan fingerprint density at radius 2 is 2.00 bits per heavy atom. The van der Waals surface area contributed by atoms with Crippen LogP contribution >= 0.6 is 0 Å². The summed E-state index contributed by atoms with van der Waals surface area (Å²) in [6.07, 6.45) is 1.76. The lowest BCUT2D eigenvalue weighted by Gasteiger charge is -2.23. The summed E-state index contributed by atoms with van der Waals surface area (Å²) in [4.78, 5) is 17.7. The zero-order valence-corrected chi connectivity index (χ0v) is 12.1. The summed E-state index contributed by atoms with van der Waals surface area (Å²) < 4.78 is 0. The average molecular weight is 284 g/mol. The van der Waals surface area contributed by atoms with Crippen molar-refractivity contribution in [2.75, 3.05) is 23.3 Å². The summed E-state index contributed by atoms with van der Waals surface area (Å²) in [5.74, 6) is 0.275. The molecule has 2 rings (SSSR count). The number of hydrogen-bond acceptors (Lipinski definition) is 4. The van der Waals surface area contributed by atoms with Crippen molar-refractivity contribution in [2.24, 2.45) is 5.73 Å². The highest BCUT2D eigenvalue weighted by Gasteiger charge is 2.07. The van der Waals surface area contributed by atoms with E-state index in [4.69, 9.17) is 5.73 Å². The first kappa shape index (κ1) is 15.0. The number of amides is 1. The van der Waals surface area contributed by atoms with E-state index in [1.807, 2.05) is 24.3 Å². The second-order valence-corrected chi connectivity index (χ2v) is 4.65. The minimum Gasteiger partial charge on any atom is -0.366 e. The molecule has 0 aliphatic carbocycles. The summed E-state index contributed by atoms with van der Waals surface area (Å²) >= 11 is 0. The standard InChI is InChI=1S/C16H20N4O/c1-2-20(12-13-6-4-3-5-7-13)14-8-9-15(18-11-14)19-16(21)10-17/h3-9,11H,2,10,12,17H2,1H3,(H,18,19,21). The van der Waals surface area contributed by atoms with Crippen LogP contribution in [0.3, 0.4) is 0 Å². The van der Waals surface area contributed by atoms with Gasteiger partial charge in [0, 0.05) is 13.1 Å². The van der Waals surface area contributed by atoms with Crippen molar-refractivity contribution in [2.45, 2.75) is 13.5 Å². The number of hydrogen-bond donors (Lipinski definition) is 2. The molecule has 0 radical (unpaired) electrons. The number of carbonyl (C=O) groups is 1. The number of aromatic nitrogens is 1. The molecule has 110 valence electrons. The third-order valence-corrected chi connectivity index (χ3v) is 3.16. The summed E-state index contributed by atoms with van der Waals surface area (Å²) in [5, 5.41) is 2.63. The van der Waals surface area contributed by atoms with E-state index >= 15 is 0 Å². The van der Waals surface area contributed by atoms with Gasteiger partial charge in [-0.1, -0.05) is 30.3 Å². The number of carbonyl (C=O) groups excluding carboxylic acids is 1. The smallest absolute Gasteiger partial charge is 0.239 e. The van der Waals surface area contributed by atoms with Gasteiger partial charge in [-0.2, -0.15) is 0 Å². The van der Waals surface area contributed by atoms with Gasteiger partial charge in [-0.15, -0.1) is 0 Å². The lowest BCUT2D eigenvalue weighted by atomic mass is 10.2. The van der Waals surface area contributed by atoms with Gasteiger partial charge >= 0.3 is 0 Å². The van der Waals surface area contributed by atoms with Gasteiger partial charge in [-0.25, -0.2) is 4.98 Å². The predicted octanol–water partition coefficient (Wildman–Crippen LogP) is 2.01. The molecule has 0 aliphatic heterocycles. The third-order valence-electron chi connectivity index (χ3n) is 3.16. The fraction of sp³-hybridized carbons (Fsp3) is 0.250. The molecule has 1 heterocycles. The first-order chi connectivity index (χ1) is 10.2.